The second kappa shape index (κ2) is 2.27. The molecule has 2 nitrogen and oxygen atoms in total. The molecule has 0 aromatic carbocycles. The second-order valence-electron chi connectivity index (χ2n) is 1.97. The zero-order valence-electron chi connectivity index (χ0n) is 5.24. The Morgan fingerprint density at radius 1 is 1.50 bits per heavy atom. The van der Waals surface area contributed by atoms with Crippen molar-refractivity contribution in [2.24, 2.45) is 0 Å². The molecule has 0 saturated carbocycles. The van der Waals surface area contributed by atoms with Crippen molar-refractivity contribution in [3.8, 4) is 11.3 Å². The van der Waals surface area contributed by atoms with E-state index < -0.39 is 0 Å². The largest absolute Gasteiger partial charge is 0.351 e. The molecule has 2 rings (SSSR count). The van der Waals surface area contributed by atoms with Crippen molar-refractivity contribution in [3.63, 3.8) is 0 Å². The number of H-pyrrole nitrogens is 1. The topological polar surface area (TPSA) is 28.7 Å². The molecule has 2 aromatic heterocycles. The van der Waals surface area contributed by atoms with Crippen molar-refractivity contribution in [2.45, 2.75) is 0 Å². The van der Waals surface area contributed by atoms with Crippen LogP contribution in [-0.4, -0.2) is 9.97 Å². The first-order valence-corrected chi connectivity index (χ1v) is 3.92. The summed E-state index contributed by atoms with van der Waals surface area (Å²) in [5, 5.41) is 4.13. The third-order valence-corrected chi connectivity index (χ3v) is 2.00. The lowest BCUT2D eigenvalue weighted by Crippen LogP contribution is -1.67. The van der Waals surface area contributed by atoms with Crippen LogP contribution < -0.4 is 0 Å². The van der Waals surface area contributed by atoms with Crippen LogP contribution in [0.3, 0.4) is 0 Å². The van der Waals surface area contributed by atoms with Gasteiger partial charge in [-0.1, -0.05) is 0 Å². The predicted octanol–water partition coefficient (Wildman–Crippen LogP) is 2.14. The van der Waals surface area contributed by atoms with Crippen molar-refractivity contribution in [1.82, 2.24) is 9.97 Å². The molecule has 2 aromatic rings. The molecule has 1 N–H and O–H groups in total. The Morgan fingerprint density at radius 2 is 2.50 bits per heavy atom. The molecule has 0 aliphatic carbocycles. The standard InChI is InChI=1S/C7H6N2S/c1-2-10-4-6(1)7-3-8-5-9-7/h1-5H,(H,8,9). The fraction of sp³-hybridized carbons (Fsp3) is 0. The van der Waals surface area contributed by atoms with Crippen molar-refractivity contribution < 1.29 is 0 Å². The summed E-state index contributed by atoms with van der Waals surface area (Å²) in [7, 11) is 0. The van der Waals surface area contributed by atoms with Gasteiger partial charge in [0, 0.05) is 17.1 Å². The van der Waals surface area contributed by atoms with E-state index in [1.165, 1.54) is 5.56 Å². The molecule has 0 radical (unpaired) electrons. The fourth-order valence-corrected chi connectivity index (χ4v) is 1.48. The summed E-state index contributed by atoms with van der Waals surface area (Å²) in [6.07, 6.45) is 3.58. The average molecular weight is 150 g/mol. The zero-order valence-corrected chi connectivity index (χ0v) is 6.06. The van der Waals surface area contributed by atoms with Gasteiger partial charge < -0.3 is 4.98 Å². The van der Waals surface area contributed by atoms with Gasteiger partial charge in [0.1, 0.15) is 0 Å². The van der Waals surface area contributed by atoms with Gasteiger partial charge in [0.2, 0.25) is 0 Å². The van der Waals surface area contributed by atoms with Crippen LogP contribution in [0.5, 0.6) is 0 Å². The lowest BCUT2D eigenvalue weighted by molar-refractivity contribution is 1.31. The summed E-state index contributed by atoms with van der Waals surface area (Å²) < 4.78 is 0. The Labute approximate surface area is 62.6 Å². The highest BCUT2D eigenvalue weighted by molar-refractivity contribution is 7.08. The van der Waals surface area contributed by atoms with Crippen LogP contribution in [0, 0.1) is 0 Å². The van der Waals surface area contributed by atoms with Crippen LogP contribution in [-0.2, 0) is 0 Å². The Morgan fingerprint density at radius 3 is 3.10 bits per heavy atom. The number of imidazole rings is 1. The lowest BCUT2D eigenvalue weighted by Gasteiger charge is -1.83. The average Bonchev–Trinajstić information content (AvgIpc) is 2.59. The number of aromatic amines is 1. The number of hydrogen-bond donors (Lipinski definition) is 1. The molecule has 10 heavy (non-hydrogen) atoms. The summed E-state index contributed by atoms with van der Waals surface area (Å²) in [5.74, 6) is 0. The van der Waals surface area contributed by atoms with Crippen molar-refractivity contribution >= 4 is 11.3 Å². The minimum atomic E-state index is 1.02. The monoisotopic (exact) mass is 150 g/mol. The molecule has 0 fully saturated rings. The molecule has 3 heteroatoms. The third-order valence-electron chi connectivity index (χ3n) is 1.32. The van der Waals surface area contributed by atoms with Gasteiger partial charge in [0.25, 0.3) is 0 Å². The molecule has 0 spiro atoms. The normalized spacial score (nSPS) is 10.0. The van der Waals surface area contributed by atoms with Gasteiger partial charge in [-0.3, -0.25) is 0 Å². The maximum atomic E-state index is 4.11. The summed E-state index contributed by atoms with van der Waals surface area (Å²) in [4.78, 5) is 7.02. The van der Waals surface area contributed by atoms with E-state index in [1.807, 2.05) is 11.6 Å². The maximum Gasteiger partial charge on any atom is 0.0927 e. The quantitative estimate of drug-likeness (QED) is 0.662. The highest BCUT2D eigenvalue weighted by Crippen LogP contribution is 2.18. The Balaban J connectivity index is 2.48. The van der Waals surface area contributed by atoms with E-state index in [4.69, 9.17) is 0 Å². The zero-order chi connectivity index (χ0) is 6.81. The van der Waals surface area contributed by atoms with Gasteiger partial charge >= 0.3 is 0 Å². The third kappa shape index (κ3) is 0.844. The first-order valence-electron chi connectivity index (χ1n) is 2.98. The molecule has 0 atom stereocenters. The Hall–Kier alpha value is -1.09. The van der Waals surface area contributed by atoms with Crippen LogP contribution in [0.25, 0.3) is 11.3 Å². The second-order valence-corrected chi connectivity index (χ2v) is 2.75. The van der Waals surface area contributed by atoms with E-state index in [0.29, 0.717) is 0 Å². The van der Waals surface area contributed by atoms with Gasteiger partial charge in [-0.05, 0) is 11.4 Å². The highest BCUT2D eigenvalue weighted by Gasteiger charge is 1.96. The number of aromatic nitrogens is 2. The van der Waals surface area contributed by atoms with Gasteiger partial charge in [-0.2, -0.15) is 11.3 Å². The van der Waals surface area contributed by atoms with Crippen LogP contribution in [0.2, 0.25) is 0 Å². The maximum absolute atomic E-state index is 4.11. The molecule has 0 bridgehead atoms. The molecular weight excluding hydrogens is 144 g/mol. The van der Waals surface area contributed by atoms with Crippen molar-refractivity contribution in [3.05, 3.63) is 29.4 Å². The highest BCUT2D eigenvalue weighted by atomic mass is 32.1. The summed E-state index contributed by atoms with van der Waals surface area (Å²) in [6.45, 7) is 0. The molecular formula is C7H6N2S. The number of hydrogen-bond acceptors (Lipinski definition) is 2. The van der Waals surface area contributed by atoms with E-state index in [1.54, 1.807) is 17.7 Å². The van der Waals surface area contributed by atoms with Gasteiger partial charge in [0.05, 0.1) is 12.0 Å². The van der Waals surface area contributed by atoms with E-state index in [9.17, 15) is 0 Å². The minimum Gasteiger partial charge on any atom is -0.351 e. The van der Waals surface area contributed by atoms with Crippen LogP contribution in [0.4, 0.5) is 0 Å². The molecule has 2 heterocycles. The lowest BCUT2D eigenvalue weighted by atomic mass is 10.3. The van der Waals surface area contributed by atoms with Crippen molar-refractivity contribution in [1.29, 1.82) is 0 Å². The Bertz CT molecular complexity index is 251. The van der Waals surface area contributed by atoms with E-state index in [0.717, 1.165) is 5.69 Å². The molecule has 0 saturated heterocycles. The molecule has 50 valence electrons. The van der Waals surface area contributed by atoms with E-state index >= 15 is 0 Å². The Kier molecular flexibility index (Phi) is 1.29. The molecule has 0 aliphatic heterocycles. The van der Waals surface area contributed by atoms with Crippen LogP contribution in [0.15, 0.2) is 29.4 Å². The number of nitrogens with zero attached hydrogens (tertiary/aromatic N) is 1. The fourth-order valence-electron chi connectivity index (χ4n) is 0.828. The minimum absolute atomic E-state index is 1.02. The SMILES string of the molecule is c1nc(-c2ccsc2)c[nH]1. The van der Waals surface area contributed by atoms with Gasteiger partial charge in [-0.25, -0.2) is 4.98 Å². The smallest absolute Gasteiger partial charge is 0.0927 e. The van der Waals surface area contributed by atoms with E-state index in [2.05, 4.69) is 21.4 Å². The number of rotatable bonds is 1. The first kappa shape index (κ1) is 5.68. The molecule has 0 aliphatic rings. The molecule has 0 unspecified atom stereocenters. The summed E-state index contributed by atoms with van der Waals surface area (Å²) in [5.41, 5.74) is 2.20. The summed E-state index contributed by atoms with van der Waals surface area (Å²) in [6, 6.07) is 2.06. The number of nitrogens with one attached hydrogen (secondary N) is 1. The predicted molar refractivity (Wildman–Crippen MR) is 41.9 cm³/mol. The van der Waals surface area contributed by atoms with E-state index in [-0.39, 0.29) is 0 Å². The van der Waals surface area contributed by atoms with Crippen LogP contribution >= 0.6 is 11.3 Å². The van der Waals surface area contributed by atoms with Gasteiger partial charge in [-0.15, -0.1) is 0 Å². The summed E-state index contributed by atoms with van der Waals surface area (Å²) >= 11 is 1.68. The van der Waals surface area contributed by atoms with Crippen molar-refractivity contribution in [2.75, 3.05) is 0 Å². The molecule has 0 amide bonds. The van der Waals surface area contributed by atoms with Gasteiger partial charge in [0.15, 0.2) is 0 Å². The number of thiophene rings is 1. The van der Waals surface area contributed by atoms with Crippen LogP contribution in [0.1, 0.15) is 0 Å². The first-order chi connectivity index (χ1) is 4.97.